The topological polar surface area (TPSA) is 31.5 Å². The minimum absolute atomic E-state index is 0. The summed E-state index contributed by atoms with van der Waals surface area (Å²) >= 11 is 0. The van der Waals surface area contributed by atoms with Gasteiger partial charge in [-0.25, -0.2) is 0 Å². The van der Waals surface area contributed by atoms with Crippen molar-refractivity contribution in [2.45, 2.75) is 20.3 Å². The molecule has 0 amide bonds. The van der Waals surface area contributed by atoms with Gasteiger partial charge < -0.3 is 8.33 Å². The van der Waals surface area contributed by atoms with Crippen LogP contribution in [-0.4, -0.2) is 43.2 Å². The van der Waals surface area contributed by atoms with E-state index in [9.17, 15) is 0 Å². The van der Waals surface area contributed by atoms with Crippen LogP contribution in [0.4, 0.5) is 0 Å². The number of hydrogen-bond acceptors (Lipinski definition) is 0. The Bertz CT molecular complexity index is 12.9. The molecule has 0 aromatic rings. The first-order chi connectivity index (χ1) is 1.41. The predicted molar refractivity (Wildman–Crippen MR) is 27.6 cm³/mol. The summed E-state index contributed by atoms with van der Waals surface area (Å²) in [4.78, 5) is 0. The van der Waals surface area contributed by atoms with Crippen LogP contribution >= 0.6 is 0 Å². The molecule has 0 rings (SSSR count). The van der Waals surface area contributed by atoms with Crippen LogP contribution in [0.25, 0.3) is 0 Å². The molecule has 0 unspecified atom stereocenters. The van der Waals surface area contributed by atoms with Crippen LogP contribution in [0.15, 0.2) is 0 Å². The summed E-state index contributed by atoms with van der Waals surface area (Å²) in [7, 11) is 0. The van der Waals surface area contributed by atoms with E-state index < -0.39 is 0 Å². The molecule has 0 aliphatic rings. The Morgan fingerprint density at radius 2 is 1.40 bits per heavy atom. The number of rotatable bonds is 0. The molecule has 0 radical (unpaired) electrons. The predicted octanol–water partition coefficient (Wildman–Crippen LogP) is 0.436. The zero-order chi connectivity index (χ0) is 2.71. The quantitative estimate of drug-likeness (QED) is 0.399. The van der Waals surface area contributed by atoms with Crippen molar-refractivity contribution in [1.29, 1.82) is 0 Å². The minimum Gasteiger partial charge on any atom is -1.00 e. The van der Waals surface area contributed by atoms with Gasteiger partial charge in [0.2, 0.25) is 0 Å². The Hall–Kier alpha value is 1.22. The second-order valence-corrected chi connectivity index (χ2v) is 0.707. The minimum atomic E-state index is 0. The fourth-order valence-corrected chi connectivity index (χ4v) is 0. The van der Waals surface area contributed by atoms with E-state index in [-0.39, 0.29) is 46.1 Å². The van der Waals surface area contributed by atoms with Crippen LogP contribution < -0.4 is 0 Å². The molecule has 32 valence electrons. The maximum Gasteiger partial charge on any atom is 2.00 e. The van der Waals surface area contributed by atoms with Crippen LogP contribution in [0.3, 0.4) is 0 Å². The molecule has 0 bridgehead atoms. The van der Waals surface area contributed by atoms with Gasteiger partial charge in [0.15, 0.2) is 0 Å². The fourth-order valence-electron chi connectivity index (χ4n) is 0. The first kappa shape index (κ1) is 16.3. The van der Waals surface area contributed by atoms with Gasteiger partial charge in [0.1, 0.15) is 0 Å². The molecule has 0 aliphatic heterocycles. The Morgan fingerprint density at radius 3 is 1.40 bits per heavy atom. The standard InChI is InChI=1S/C3H8.Ca.H2O.2H/c1-3-2;;;;/h3H2,1-2H3;;1H2;;/q;+2;;2*-1. The van der Waals surface area contributed by atoms with Crippen molar-refractivity contribution in [3.63, 3.8) is 0 Å². The van der Waals surface area contributed by atoms with Crippen molar-refractivity contribution < 1.29 is 8.33 Å². The van der Waals surface area contributed by atoms with Crippen LogP contribution in [0.1, 0.15) is 23.1 Å². The first-order valence-electron chi connectivity index (χ1n) is 1.41. The van der Waals surface area contributed by atoms with Crippen LogP contribution in [-0.2, 0) is 0 Å². The van der Waals surface area contributed by atoms with Gasteiger partial charge in [-0.15, -0.1) is 0 Å². The van der Waals surface area contributed by atoms with Gasteiger partial charge in [0, 0.05) is 0 Å². The fraction of sp³-hybridized carbons (Fsp3) is 1.00. The maximum atomic E-state index is 2.12. The third-order valence-electron chi connectivity index (χ3n) is 0. The van der Waals surface area contributed by atoms with Crippen molar-refractivity contribution in [2.24, 2.45) is 0 Å². The molecule has 0 saturated heterocycles. The molecular weight excluding hydrogens is 92.1 g/mol. The average Bonchev–Trinajstić information content (AvgIpc) is 0.918. The Balaban J connectivity index is -0.00000000333. The van der Waals surface area contributed by atoms with Gasteiger partial charge in [-0.3, -0.25) is 0 Å². The molecule has 0 aromatic carbocycles. The summed E-state index contributed by atoms with van der Waals surface area (Å²) in [6.07, 6.45) is 1.25. The molecule has 0 heterocycles. The first-order valence-corrected chi connectivity index (χ1v) is 1.41. The van der Waals surface area contributed by atoms with E-state index in [1.165, 1.54) is 6.42 Å². The van der Waals surface area contributed by atoms with Gasteiger partial charge in [-0.2, -0.15) is 0 Å². The van der Waals surface area contributed by atoms with Gasteiger partial charge in [0.05, 0.1) is 0 Å². The van der Waals surface area contributed by atoms with Gasteiger partial charge in [0.25, 0.3) is 0 Å². The van der Waals surface area contributed by atoms with Gasteiger partial charge in [-0.05, 0) is 0 Å². The second kappa shape index (κ2) is 18.9. The van der Waals surface area contributed by atoms with Crippen LogP contribution in [0, 0.1) is 0 Å². The largest absolute Gasteiger partial charge is 2.00 e. The molecule has 5 heavy (non-hydrogen) atoms. The van der Waals surface area contributed by atoms with Crippen molar-refractivity contribution >= 4 is 37.7 Å². The molecule has 0 aromatic heterocycles. The normalized spacial score (nSPS) is 3.60. The molecule has 2 heteroatoms. The molecule has 0 fully saturated rings. The molecule has 0 saturated carbocycles. The summed E-state index contributed by atoms with van der Waals surface area (Å²) in [5.74, 6) is 0. The van der Waals surface area contributed by atoms with Crippen LogP contribution in [0.5, 0.6) is 0 Å². The van der Waals surface area contributed by atoms with E-state index in [2.05, 4.69) is 13.8 Å². The van der Waals surface area contributed by atoms with E-state index in [0.717, 1.165) is 0 Å². The smallest absolute Gasteiger partial charge is 1.00 e. The monoisotopic (exact) mass is 104 g/mol. The summed E-state index contributed by atoms with van der Waals surface area (Å²) in [5.41, 5.74) is 0. The van der Waals surface area contributed by atoms with E-state index in [1.807, 2.05) is 0 Å². The van der Waals surface area contributed by atoms with Crippen LogP contribution in [0.2, 0.25) is 0 Å². The van der Waals surface area contributed by atoms with E-state index >= 15 is 0 Å². The SMILES string of the molecule is CCC.O.[Ca+2].[H-].[H-]. The van der Waals surface area contributed by atoms with Crippen molar-refractivity contribution in [2.75, 3.05) is 0 Å². The van der Waals surface area contributed by atoms with Crippen molar-refractivity contribution in [3.8, 4) is 0 Å². The molecule has 1 nitrogen and oxygen atoms in total. The summed E-state index contributed by atoms with van der Waals surface area (Å²) in [6.45, 7) is 4.25. The van der Waals surface area contributed by atoms with Gasteiger partial charge in [-0.1, -0.05) is 20.3 Å². The molecule has 0 spiro atoms. The summed E-state index contributed by atoms with van der Waals surface area (Å²) < 4.78 is 0. The molecule has 2 N–H and O–H groups in total. The second-order valence-electron chi connectivity index (χ2n) is 0.707. The third kappa shape index (κ3) is 36.4. The Morgan fingerprint density at radius 1 is 1.40 bits per heavy atom. The maximum absolute atomic E-state index is 2.12. The summed E-state index contributed by atoms with van der Waals surface area (Å²) in [5, 5.41) is 0. The van der Waals surface area contributed by atoms with E-state index in [1.54, 1.807) is 0 Å². The Kier molecular flexibility index (Phi) is 61.7. The number of hydrogen-bond donors (Lipinski definition) is 0. The van der Waals surface area contributed by atoms with Crippen molar-refractivity contribution in [3.05, 3.63) is 0 Å². The van der Waals surface area contributed by atoms with E-state index in [0.29, 0.717) is 0 Å². The van der Waals surface area contributed by atoms with Crippen molar-refractivity contribution in [1.82, 2.24) is 0 Å². The molecular formula is C3H12CaO. The average molecular weight is 104 g/mol. The summed E-state index contributed by atoms with van der Waals surface area (Å²) in [6, 6.07) is 0. The Labute approximate surface area is 66.0 Å². The van der Waals surface area contributed by atoms with Gasteiger partial charge >= 0.3 is 37.7 Å². The molecule has 0 aliphatic carbocycles. The van der Waals surface area contributed by atoms with E-state index in [4.69, 9.17) is 0 Å². The third-order valence-corrected chi connectivity index (χ3v) is 0. The zero-order valence-electron chi connectivity index (χ0n) is 5.91. The molecule has 0 atom stereocenters. The zero-order valence-corrected chi connectivity index (χ0v) is 6.12.